The number of rotatable bonds is 6. The molecule has 94 valence electrons. The van der Waals surface area contributed by atoms with E-state index in [1.807, 2.05) is 56.3 Å². The third kappa shape index (κ3) is 3.05. The van der Waals surface area contributed by atoms with E-state index >= 15 is 0 Å². The molecule has 3 N–H and O–H groups in total. The van der Waals surface area contributed by atoms with Crippen molar-refractivity contribution in [2.45, 2.75) is 12.5 Å². The van der Waals surface area contributed by atoms with Crippen molar-refractivity contribution in [3.05, 3.63) is 35.9 Å². The lowest BCUT2D eigenvalue weighted by Gasteiger charge is -2.34. The van der Waals surface area contributed by atoms with Gasteiger partial charge in [0.05, 0.1) is 0 Å². The molecule has 0 aliphatic heterocycles. The van der Waals surface area contributed by atoms with Gasteiger partial charge in [0.25, 0.3) is 0 Å². The van der Waals surface area contributed by atoms with Crippen LogP contribution in [0.25, 0.3) is 0 Å². The fourth-order valence-electron chi connectivity index (χ4n) is 2.06. The highest BCUT2D eigenvalue weighted by atomic mass is 16.1. The Morgan fingerprint density at radius 2 is 1.94 bits per heavy atom. The molecule has 1 amide bonds. The lowest BCUT2D eigenvalue weighted by atomic mass is 9.88. The SMILES string of the molecule is CCNC(CN(C)C)(C(N)=O)c1ccccc1. The summed E-state index contributed by atoms with van der Waals surface area (Å²) < 4.78 is 0. The highest BCUT2D eigenvalue weighted by Gasteiger charge is 2.38. The van der Waals surface area contributed by atoms with Gasteiger partial charge in [0.2, 0.25) is 5.91 Å². The lowest BCUT2D eigenvalue weighted by molar-refractivity contribution is -0.125. The van der Waals surface area contributed by atoms with E-state index in [4.69, 9.17) is 5.73 Å². The van der Waals surface area contributed by atoms with Gasteiger partial charge in [-0.25, -0.2) is 0 Å². The summed E-state index contributed by atoms with van der Waals surface area (Å²) in [5.41, 5.74) is 5.70. The average Bonchev–Trinajstić information content (AvgIpc) is 2.28. The number of nitrogens with two attached hydrogens (primary N) is 1. The first-order valence-electron chi connectivity index (χ1n) is 5.78. The summed E-state index contributed by atoms with van der Waals surface area (Å²) in [6, 6.07) is 9.62. The van der Waals surface area contributed by atoms with Crippen LogP contribution in [-0.4, -0.2) is 38.0 Å². The van der Waals surface area contributed by atoms with Crippen LogP contribution in [0.1, 0.15) is 12.5 Å². The molecule has 0 heterocycles. The maximum absolute atomic E-state index is 11.9. The van der Waals surface area contributed by atoms with Crippen molar-refractivity contribution in [2.24, 2.45) is 5.73 Å². The van der Waals surface area contributed by atoms with Crippen molar-refractivity contribution in [2.75, 3.05) is 27.2 Å². The summed E-state index contributed by atoms with van der Waals surface area (Å²) in [6.45, 7) is 3.20. The zero-order valence-corrected chi connectivity index (χ0v) is 10.7. The molecule has 0 bridgehead atoms. The number of hydrogen-bond donors (Lipinski definition) is 2. The minimum atomic E-state index is -0.820. The summed E-state index contributed by atoms with van der Waals surface area (Å²) in [5, 5.41) is 3.23. The molecule has 1 aromatic carbocycles. The number of benzene rings is 1. The van der Waals surface area contributed by atoms with Crippen molar-refractivity contribution in [1.82, 2.24) is 10.2 Å². The van der Waals surface area contributed by atoms with Gasteiger partial charge in [-0.3, -0.25) is 10.1 Å². The van der Waals surface area contributed by atoms with E-state index in [2.05, 4.69) is 5.32 Å². The average molecular weight is 235 g/mol. The van der Waals surface area contributed by atoms with Gasteiger partial charge in [0.1, 0.15) is 5.54 Å². The van der Waals surface area contributed by atoms with Gasteiger partial charge in [-0.15, -0.1) is 0 Å². The van der Waals surface area contributed by atoms with E-state index < -0.39 is 5.54 Å². The van der Waals surface area contributed by atoms with E-state index in [0.29, 0.717) is 13.1 Å². The van der Waals surface area contributed by atoms with Crippen LogP contribution in [0.2, 0.25) is 0 Å². The topological polar surface area (TPSA) is 58.4 Å². The zero-order valence-electron chi connectivity index (χ0n) is 10.7. The Balaban J connectivity index is 3.19. The lowest BCUT2D eigenvalue weighted by Crippen LogP contribution is -2.58. The largest absolute Gasteiger partial charge is 0.368 e. The fourth-order valence-corrected chi connectivity index (χ4v) is 2.06. The molecule has 0 aliphatic rings. The highest BCUT2D eigenvalue weighted by molar-refractivity contribution is 5.86. The Hall–Kier alpha value is -1.39. The highest BCUT2D eigenvalue weighted by Crippen LogP contribution is 2.21. The molecule has 1 atom stereocenters. The Morgan fingerprint density at radius 1 is 1.35 bits per heavy atom. The minimum absolute atomic E-state index is 0.348. The number of amides is 1. The van der Waals surface area contributed by atoms with Crippen molar-refractivity contribution >= 4 is 5.91 Å². The third-order valence-corrected chi connectivity index (χ3v) is 2.72. The van der Waals surface area contributed by atoms with Gasteiger partial charge in [0, 0.05) is 6.54 Å². The van der Waals surface area contributed by atoms with E-state index in [-0.39, 0.29) is 5.91 Å². The first-order valence-corrected chi connectivity index (χ1v) is 5.78. The maximum Gasteiger partial charge on any atom is 0.243 e. The van der Waals surface area contributed by atoms with Crippen molar-refractivity contribution in [3.63, 3.8) is 0 Å². The van der Waals surface area contributed by atoms with Gasteiger partial charge in [-0.1, -0.05) is 37.3 Å². The van der Waals surface area contributed by atoms with Gasteiger partial charge >= 0.3 is 0 Å². The number of carbonyl (C=O) groups is 1. The maximum atomic E-state index is 11.9. The predicted molar refractivity (Wildman–Crippen MR) is 69.5 cm³/mol. The van der Waals surface area contributed by atoms with Crippen LogP contribution in [0.15, 0.2) is 30.3 Å². The van der Waals surface area contributed by atoms with Crippen molar-refractivity contribution in [3.8, 4) is 0 Å². The van der Waals surface area contributed by atoms with Gasteiger partial charge < -0.3 is 10.6 Å². The number of primary amides is 1. The zero-order chi connectivity index (χ0) is 12.9. The normalized spacial score (nSPS) is 14.6. The third-order valence-electron chi connectivity index (χ3n) is 2.72. The van der Waals surface area contributed by atoms with Crippen molar-refractivity contribution < 1.29 is 4.79 Å². The molecule has 0 saturated heterocycles. The number of carbonyl (C=O) groups excluding carboxylic acids is 1. The predicted octanol–water partition coefficient (Wildman–Crippen LogP) is 0.538. The van der Waals surface area contributed by atoms with Crippen LogP contribution < -0.4 is 11.1 Å². The second kappa shape index (κ2) is 5.80. The molecular formula is C13H21N3O. The van der Waals surface area contributed by atoms with Crippen LogP contribution in [0.3, 0.4) is 0 Å². The van der Waals surface area contributed by atoms with Crippen molar-refractivity contribution in [1.29, 1.82) is 0 Å². The summed E-state index contributed by atoms with van der Waals surface area (Å²) in [4.78, 5) is 13.8. The molecule has 4 heteroatoms. The van der Waals surface area contributed by atoms with Crippen LogP contribution in [0.5, 0.6) is 0 Å². The summed E-state index contributed by atoms with van der Waals surface area (Å²) in [5.74, 6) is -0.348. The number of hydrogen-bond acceptors (Lipinski definition) is 3. The van der Waals surface area contributed by atoms with Gasteiger partial charge in [0.15, 0.2) is 0 Å². The van der Waals surface area contributed by atoms with E-state index in [1.165, 1.54) is 0 Å². The first kappa shape index (κ1) is 13.7. The molecule has 17 heavy (non-hydrogen) atoms. The molecule has 4 nitrogen and oxygen atoms in total. The second-order valence-corrected chi connectivity index (χ2v) is 4.40. The smallest absolute Gasteiger partial charge is 0.243 e. The molecule has 0 spiro atoms. The van der Waals surface area contributed by atoms with Gasteiger partial charge in [-0.05, 0) is 26.2 Å². The summed E-state index contributed by atoms with van der Waals surface area (Å²) in [7, 11) is 3.86. The molecule has 0 aliphatic carbocycles. The number of likely N-dealkylation sites (N-methyl/N-ethyl adjacent to an activating group) is 2. The number of nitrogens with one attached hydrogen (secondary N) is 1. The first-order chi connectivity index (χ1) is 8.03. The van der Waals surface area contributed by atoms with E-state index in [9.17, 15) is 4.79 Å². The minimum Gasteiger partial charge on any atom is -0.368 e. The van der Waals surface area contributed by atoms with Crippen LogP contribution >= 0.6 is 0 Å². The molecule has 0 aromatic heterocycles. The van der Waals surface area contributed by atoms with Crippen LogP contribution in [-0.2, 0) is 10.3 Å². The second-order valence-electron chi connectivity index (χ2n) is 4.40. The summed E-state index contributed by atoms with van der Waals surface area (Å²) in [6.07, 6.45) is 0. The Kier molecular flexibility index (Phi) is 4.66. The van der Waals surface area contributed by atoms with Crippen LogP contribution in [0.4, 0.5) is 0 Å². The fraction of sp³-hybridized carbons (Fsp3) is 0.462. The Morgan fingerprint density at radius 3 is 2.35 bits per heavy atom. The molecule has 1 unspecified atom stereocenters. The van der Waals surface area contributed by atoms with E-state index in [1.54, 1.807) is 0 Å². The standard InChI is InChI=1S/C13H21N3O/c1-4-15-13(12(14)17,10-16(2)3)11-8-6-5-7-9-11/h5-9,15H,4,10H2,1-3H3,(H2,14,17). The molecular weight excluding hydrogens is 214 g/mol. The molecule has 0 fully saturated rings. The summed E-state index contributed by atoms with van der Waals surface area (Å²) >= 11 is 0. The Bertz CT molecular complexity index is 364. The van der Waals surface area contributed by atoms with E-state index in [0.717, 1.165) is 5.56 Å². The molecule has 1 aromatic rings. The molecule has 1 rings (SSSR count). The van der Waals surface area contributed by atoms with Crippen LogP contribution in [0, 0.1) is 0 Å². The number of nitrogens with zero attached hydrogens (tertiary/aromatic N) is 1. The Labute approximate surface area is 103 Å². The molecule has 0 saturated carbocycles. The molecule has 0 radical (unpaired) electrons. The van der Waals surface area contributed by atoms with Gasteiger partial charge in [-0.2, -0.15) is 0 Å². The monoisotopic (exact) mass is 235 g/mol. The quantitative estimate of drug-likeness (QED) is 0.756.